The first-order valence-electron chi connectivity index (χ1n) is 10.7. The summed E-state index contributed by atoms with van der Waals surface area (Å²) in [7, 11) is 0. The summed E-state index contributed by atoms with van der Waals surface area (Å²) in [6.07, 6.45) is 8.75. The number of rotatable bonds is 4. The normalized spacial score (nSPS) is 21.2. The first kappa shape index (κ1) is 17.3. The van der Waals surface area contributed by atoms with Crippen molar-refractivity contribution in [3.8, 4) is 0 Å². The van der Waals surface area contributed by atoms with Crippen molar-refractivity contribution in [3.63, 3.8) is 0 Å². The lowest BCUT2D eigenvalue weighted by Crippen LogP contribution is -2.36. The largest absolute Gasteiger partial charge is 0.378 e. The van der Waals surface area contributed by atoms with Gasteiger partial charge in [-0.25, -0.2) is 4.52 Å². The van der Waals surface area contributed by atoms with Crippen molar-refractivity contribution < 1.29 is 9.26 Å². The molecule has 0 N–H and O–H groups in total. The number of anilines is 2. The quantitative estimate of drug-likeness (QED) is 0.674. The molecule has 3 aliphatic rings. The number of pyridine rings is 1. The molecule has 0 amide bonds. The van der Waals surface area contributed by atoms with Crippen LogP contribution in [0.3, 0.4) is 0 Å². The van der Waals surface area contributed by atoms with E-state index in [0.717, 1.165) is 58.1 Å². The van der Waals surface area contributed by atoms with Crippen LogP contribution >= 0.6 is 0 Å². The van der Waals surface area contributed by atoms with Crippen LogP contribution in [0.1, 0.15) is 48.9 Å². The van der Waals surface area contributed by atoms with Crippen LogP contribution in [-0.2, 0) is 4.74 Å². The Morgan fingerprint density at radius 3 is 2.52 bits per heavy atom. The van der Waals surface area contributed by atoms with Crippen molar-refractivity contribution in [2.24, 2.45) is 0 Å². The number of nitrogens with zero attached hydrogens (tertiary/aromatic N) is 6. The number of ether oxygens (including phenoxy) is 1. The maximum Gasteiger partial charge on any atom is 0.324 e. The second-order valence-corrected chi connectivity index (χ2v) is 8.39. The lowest BCUT2D eigenvalue weighted by atomic mass is 9.90. The first-order chi connectivity index (χ1) is 14.3. The van der Waals surface area contributed by atoms with E-state index in [1.165, 1.54) is 29.6 Å². The Labute approximate surface area is 169 Å². The second kappa shape index (κ2) is 7.02. The fraction of sp³-hybridized carbons (Fsp3) is 0.571. The van der Waals surface area contributed by atoms with Crippen molar-refractivity contribution >= 4 is 17.2 Å². The zero-order valence-corrected chi connectivity index (χ0v) is 16.5. The Balaban J connectivity index is 1.16. The van der Waals surface area contributed by atoms with Gasteiger partial charge < -0.3 is 19.1 Å². The summed E-state index contributed by atoms with van der Waals surface area (Å²) in [5, 5.41) is 8.82. The lowest BCUT2D eigenvalue weighted by Gasteiger charge is -2.30. The molecule has 0 atom stereocenters. The molecule has 2 aliphatic heterocycles. The summed E-state index contributed by atoms with van der Waals surface area (Å²) in [6.45, 7) is 5.36. The molecule has 0 radical (unpaired) electrons. The highest BCUT2D eigenvalue weighted by molar-refractivity contribution is 5.60. The molecular formula is C21H26N6O2. The monoisotopic (exact) mass is 394 g/mol. The van der Waals surface area contributed by atoms with E-state index in [-0.39, 0.29) is 0 Å². The molecule has 3 aromatic rings. The fourth-order valence-corrected chi connectivity index (χ4v) is 4.56. The van der Waals surface area contributed by atoms with Gasteiger partial charge in [0, 0.05) is 37.7 Å². The van der Waals surface area contributed by atoms with Gasteiger partial charge in [-0.05, 0) is 43.7 Å². The maximum absolute atomic E-state index is 5.51. The SMILES string of the molecule is c1cc2c(C3CCN(c4nc(C5CC5)no4)CC3)cnn2cc1N1CCOCC1. The molecule has 1 aliphatic carbocycles. The van der Waals surface area contributed by atoms with Crippen LogP contribution in [0.15, 0.2) is 29.0 Å². The summed E-state index contributed by atoms with van der Waals surface area (Å²) in [4.78, 5) is 9.20. The van der Waals surface area contributed by atoms with Gasteiger partial charge in [0.15, 0.2) is 5.82 Å². The molecule has 3 fully saturated rings. The Bertz CT molecular complexity index is 996. The Morgan fingerprint density at radius 1 is 0.897 bits per heavy atom. The number of piperidine rings is 1. The molecule has 29 heavy (non-hydrogen) atoms. The molecule has 152 valence electrons. The molecule has 8 heteroatoms. The third kappa shape index (κ3) is 3.25. The van der Waals surface area contributed by atoms with Gasteiger partial charge in [-0.15, -0.1) is 0 Å². The molecule has 0 spiro atoms. The van der Waals surface area contributed by atoms with E-state index in [1.807, 2.05) is 4.52 Å². The minimum atomic E-state index is 0.517. The van der Waals surface area contributed by atoms with E-state index < -0.39 is 0 Å². The third-order valence-corrected chi connectivity index (χ3v) is 6.49. The minimum Gasteiger partial charge on any atom is -0.378 e. The van der Waals surface area contributed by atoms with E-state index >= 15 is 0 Å². The summed E-state index contributed by atoms with van der Waals surface area (Å²) >= 11 is 0. The van der Waals surface area contributed by atoms with Gasteiger partial charge >= 0.3 is 6.01 Å². The predicted octanol–water partition coefficient (Wildman–Crippen LogP) is 2.82. The van der Waals surface area contributed by atoms with Crippen molar-refractivity contribution in [3.05, 3.63) is 35.9 Å². The number of hydrogen-bond acceptors (Lipinski definition) is 7. The number of hydrogen-bond donors (Lipinski definition) is 0. The smallest absolute Gasteiger partial charge is 0.324 e. The molecule has 3 aromatic heterocycles. The molecule has 8 nitrogen and oxygen atoms in total. The topological polar surface area (TPSA) is 71.9 Å². The molecular weight excluding hydrogens is 368 g/mol. The summed E-state index contributed by atoms with van der Waals surface area (Å²) < 4.78 is 13.0. The number of aromatic nitrogens is 4. The maximum atomic E-state index is 5.51. The van der Waals surface area contributed by atoms with Crippen LogP contribution in [0.4, 0.5) is 11.7 Å². The van der Waals surface area contributed by atoms with Gasteiger partial charge in [0.25, 0.3) is 0 Å². The average molecular weight is 394 g/mol. The average Bonchev–Trinajstić information content (AvgIpc) is 3.36. The second-order valence-electron chi connectivity index (χ2n) is 8.39. The fourth-order valence-electron chi connectivity index (χ4n) is 4.56. The number of morpholine rings is 1. The van der Waals surface area contributed by atoms with Crippen molar-refractivity contribution in [1.82, 2.24) is 19.8 Å². The third-order valence-electron chi connectivity index (χ3n) is 6.49. The van der Waals surface area contributed by atoms with Crippen LogP contribution in [-0.4, -0.2) is 59.1 Å². The Hall–Kier alpha value is -2.61. The van der Waals surface area contributed by atoms with Crippen LogP contribution in [0.2, 0.25) is 0 Å². The van der Waals surface area contributed by atoms with Gasteiger partial charge in [-0.2, -0.15) is 10.1 Å². The lowest BCUT2D eigenvalue weighted by molar-refractivity contribution is 0.122. The first-order valence-corrected chi connectivity index (χ1v) is 10.7. The molecule has 1 saturated carbocycles. The summed E-state index contributed by atoms with van der Waals surface area (Å²) in [5.41, 5.74) is 3.78. The predicted molar refractivity (Wildman–Crippen MR) is 109 cm³/mol. The van der Waals surface area contributed by atoms with E-state index in [0.29, 0.717) is 17.9 Å². The van der Waals surface area contributed by atoms with Crippen LogP contribution < -0.4 is 9.80 Å². The molecule has 6 rings (SSSR count). The van der Waals surface area contributed by atoms with Crippen LogP contribution in [0.25, 0.3) is 5.52 Å². The van der Waals surface area contributed by atoms with Gasteiger partial charge in [0.05, 0.1) is 36.8 Å². The molecule has 0 unspecified atom stereocenters. The molecule has 0 aromatic carbocycles. The Morgan fingerprint density at radius 2 is 1.72 bits per heavy atom. The Kier molecular flexibility index (Phi) is 4.18. The molecule has 2 saturated heterocycles. The van der Waals surface area contributed by atoms with Gasteiger partial charge in [-0.3, -0.25) is 0 Å². The van der Waals surface area contributed by atoms with Crippen molar-refractivity contribution in [1.29, 1.82) is 0 Å². The van der Waals surface area contributed by atoms with E-state index in [1.54, 1.807) is 0 Å². The molecule has 0 bridgehead atoms. The van der Waals surface area contributed by atoms with Gasteiger partial charge in [0.2, 0.25) is 0 Å². The molecule has 5 heterocycles. The van der Waals surface area contributed by atoms with Crippen molar-refractivity contribution in [2.75, 3.05) is 49.2 Å². The van der Waals surface area contributed by atoms with Crippen LogP contribution in [0, 0.1) is 0 Å². The summed E-state index contributed by atoms with van der Waals surface area (Å²) in [5.74, 6) is 1.94. The van der Waals surface area contributed by atoms with E-state index in [2.05, 4.69) is 49.6 Å². The van der Waals surface area contributed by atoms with Gasteiger partial charge in [-0.1, -0.05) is 5.16 Å². The highest BCUT2D eigenvalue weighted by atomic mass is 16.5. The van der Waals surface area contributed by atoms with E-state index in [9.17, 15) is 0 Å². The van der Waals surface area contributed by atoms with Crippen LogP contribution in [0.5, 0.6) is 0 Å². The summed E-state index contributed by atoms with van der Waals surface area (Å²) in [6, 6.07) is 5.14. The minimum absolute atomic E-state index is 0.517. The zero-order valence-electron chi connectivity index (χ0n) is 16.5. The van der Waals surface area contributed by atoms with E-state index in [4.69, 9.17) is 9.26 Å². The standard InChI is InChI=1S/C21H26N6O2/c1-2-16(1)20-23-21(29-24-20)26-7-5-15(6-8-26)18-13-22-27-14-17(3-4-19(18)27)25-9-11-28-12-10-25/h3-4,13-16H,1-2,5-12H2. The highest BCUT2D eigenvalue weighted by Crippen LogP contribution is 2.39. The zero-order chi connectivity index (χ0) is 19.2. The highest BCUT2D eigenvalue weighted by Gasteiger charge is 2.31. The van der Waals surface area contributed by atoms with Crippen molar-refractivity contribution in [2.45, 2.75) is 37.5 Å². The van der Waals surface area contributed by atoms with Gasteiger partial charge in [0.1, 0.15) is 0 Å². The number of fused-ring (bicyclic) bond motifs is 1.